The first-order valence-corrected chi connectivity index (χ1v) is 6.21. The molecule has 86 valence electrons. The number of carboxylic acids is 1. The summed E-state index contributed by atoms with van der Waals surface area (Å²) in [6.45, 7) is 0. The maximum atomic E-state index is 11.5. The van der Waals surface area contributed by atoms with Crippen LogP contribution in [-0.4, -0.2) is 32.6 Å². The Morgan fingerprint density at radius 1 is 1.19 bits per heavy atom. The van der Waals surface area contributed by atoms with E-state index in [4.69, 9.17) is 16.7 Å². The molecule has 1 atom stereocenters. The predicted molar refractivity (Wildman–Crippen MR) is 61.3 cm³/mol. The van der Waals surface area contributed by atoms with Gasteiger partial charge in [0.15, 0.2) is 5.78 Å². The molecule has 0 bridgehead atoms. The fraction of sp³-hybridized carbons (Fsp3) is 0.200. The summed E-state index contributed by atoms with van der Waals surface area (Å²) in [5.41, 5.74) is 0.378. The van der Waals surface area contributed by atoms with E-state index in [2.05, 4.69) is 0 Å². The summed E-state index contributed by atoms with van der Waals surface area (Å²) in [6.07, 6.45) is 0. The molecule has 1 rings (SSSR count). The molecule has 0 saturated heterocycles. The molecule has 6 heteroatoms. The molecule has 0 aliphatic heterocycles. The quantitative estimate of drug-likeness (QED) is 0.812. The maximum Gasteiger partial charge on any atom is 0.316 e. The Morgan fingerprint density at radius 2 is 1.75 bits per heavy atom. The van der Waals surface area contributed by atoms with Crippen molar-refractivity contribution in [3.63, 3.8) is 0 Å². The molecule has 0 heterocycles. The number of carbonyl (C=O) groups excluding carboxylic acids is 1. The van der Waals surface area contributed by atoms with E-state index in [1.165, 1.54) is 12.1 Å². The molecule has 1 N–H and O–H groups in total. The highest BCUT2D eigenvalue weighted by molar-refractivity contribution is 7.86. The second-order valence-corrected chi connectivity index (χ2v) is 4.95. The van der Waals surface area contributed by atoms with E-state index in [0.29, 0.717) is 10.6 Å². The van der Waals surface area contributed by atoms with E-state index < -0.39 is 22.5 Å². The zero-order chi connectivity index (χ0) is 12.1. The van der Waals surface area contributed by atoms with Gasteiger partial charge < -0.3 is 5.11 Å². The molecular weight excluding hydrogens is 252 g/mol. The Kier molecular flexibility index (Phi) is 4.64. The number of halogens is 1. The van der Waals surface area contributed by atoms with E-state index in [0.717, 1.165) is 0 Å². The molecule has 1 aromatic carbocycles. The number of hydrogen-bond acceptors (Lipinski definition) is 3. The summed E-state index contributed by atoms with van der Waals surface area (Å²) in [5, 5.41) is 8.88. The van der Waals surface area contributed by atoms with Gasteiger partial charge in [-0.15, -0.1) is 0 Å². The highest BCUT2D eigenvalue weighted by Gasteiger charge is 2.13. The van der Waals surface area contributed by atoms with Crippen LogP contribution in [0, 0.1) is 0 Å². The lowest BCUT2D eigenvalue weighted by Gasteiger charge is -2.00. The lowest BCUT2D eigenvalue weighted by Crippen LogP contribution is -2.17. The molecule has 4 nitrogen and oxygen atoms in total. The van der Waals surface area contributed by atoms with Gasteiger partial charge in [-0.2, -0.15) is 0 Å². The molecule has 0 aliphatic carbocycles. The molecule has 0 spiro atoms. The van der Waals surface area contributed by atoms with Crippen molar-refractivity contribution in [2.45, 2.75) is 0 Å². The highest BCUT2D eigenvalue weighted by Crippen LogP contribution is 2.10. The molecule has 0 amide bonds. The Morgan fingerprint density at radius 3 is 2.25 bits per heavy atom. The molecule has 0 saturated carbocycles. The van der Waals surface area contributed by atoms with Crippen molar-refractivity contribution in [2.75, 3.05) is 11.5 Å². The van der Waals surface area contributed by atoms with Crippen LogP contribution in [0.2, 0.25) is 5.02 Å². The first-order chi connectivity index (χ1) is 7.49. The summed E-state index contributed by atoms with van der Waals surface area (Å²) in [4.78, 5) is 21.8. The second-order valence-electron chi connectivity index (χ2n) is 3.05. The molecule has 0 aliphatic rings. The van der Waals surface area contributed by atoms with Crippen LogP contribution in [0.25, 0.3) is 0 Å². The van der Waals surface area contributed by atoms with E-state index in [9.17, 15) is 13.8 Å². The number of hydrogen-bond donors (Lipinski definition) is 1. The standard InChI is InChI=1S/C10H9ClO4S/c11-8-3-1-7(2-4-8)9(12)5-16(15)6-10(13)14/h1-4H,5-6H2,(H,13,14). The molecule has 0 fully saturated rings. The molecule has 0 aromatic heterocycles. The smallest absolute Gasteiger partial charge is 0.316 e. The summed E-state index contributed by atoms with van der Waals surface area (Å²) < 4.78 is 11.2. The minimum atomic E-state index is -1.67. The van der Waals surface area contributed by atoms with Crippen LogP contribution >= 0.6 is 11.6 Å². The summed E-state index contributed by atoms with van der Waals surface area (Å²) in [7, 11) is -1.67. The number of rotatable bonds is 5. The van der Waals surface area contributed by atoms with Gasteiger partial charge in [0.2, 0.25) is 0 Å². The van der Waals surface area contributed by atoms with E-state index in [-0.39, 0.29) is 11.5 Å². The van der Waals surface area contributed by atoms with E-state index in [1.807, 2.05) is 0 Å². The summed E-state index contributed by atoms with van der Waals surface area (Å²) >= 11 is 5.64. The predicted octanol–water partition coefficient (Wildman–Crippen LogP) is 1.36. The average Bonchev–Trinajstić information content (AvgIpc) is 2.16. The molecule has 16 heavy (non-hydrogen) atoms. The summed E-state index contributed by atoms with van der Waals surface area (Å²) in [6, 6.07) is 6.13. The topological polar surface area (TPSA) is 71.4 Å². The normalized spacial score (nSPS) is 12.1. The third-order valence-electron chi connectivity index (χ3n) is 1.74. The second kappa shape index (κ2) is 5.77. The first-order valence-electron chi connectivity index (χ1n) is 4.34. The van der Waals surface area contributed by atoms with Crippen molar-refractivity contribution < 1.29 is 18.9 Å². The largest absolute Gasteiger partial charge is 0.481 e. The SMILES string of the molecule is O=C(O)CS(=O)CC(=O)c1ccc(Cl)cc1. The maximum absolute atomic E-state index is 11.5. The Hall–Kier alpha value is -1.20. The van der Waals surface area contributed by atoms with Crippen molar-refractivity contribution in [3.05, 3.63) is 34.9 Å². The Balaban J connectivity index is 2.62. The molecule has 1 unspecified atom stereocenters. The van der Waals surface area contributed by atoms with Crippen molar-refractivity contribution in [1.29, 1.82) is 0 Å². The van der Waals surface area contributed by atoms with Crippen molar-refractivity contribution in [1.82, 2.24) is 0 Å². The lowest BCUT2D eigenvalue weighted by atomic mass is 10.1. The Bertz CT molecular complexity index is 427. The number of carbonyl (C=O) groups is 2. The monoisotopic (exact) mass is 260 g/mol. The van der Waals surface area contributed by atoms with Gasteiger partial charge in [-0.1, -0.05) is 11.6 Å². The minimum absolute atomic E-state index is 0.284. The number of carboxylic acid groups (broad SMARTS) is 1. The zero-order valence-corrected chi connectivity index (χ0v) is 9.75. The average molecular weight is 261 g/mol. The van der Waals surface area contributed by atoms with Gasteiger partial charge in [-0.05, 0) is 24.3 Å². The molecule has 0 radical (unpaired) electrons. The summed E-state index contributed by atoms with van der Waals surface area (Å²) in [5.74, 6) is -2.33. The van der Waals surface area contributed by atoms with Crippen LogP contribution in [0.5, 0.6) is 0 Å². The van der Waals surface area contributed by atoms with Crippen LogP contribution in [0.3, 0.4) is 0 Å². The van der Waals surface area contributed by atoms with Gasteiger partial charge in [0.1, 0.15) is 5.75 Å². The van der Waals surface area contributed by atoms with Gasteiger partial charge in [0.05, 0.1) is 5.75 Å². The van der Waals surface area contributed by atoms with Gasteiger partial charge in [-0.25, -0.2) is 0 Å². The van der Waals surface area contributed by atoms with E-state index >= 15 is 0 Å². The van der Waals surface area contributed by atoms with Crippen molar-refractivity contribution >= 4 is 34.2 Å². The molecule has 1 aromatic rings. The van der Waals surface area contributed by atoms with Gasteiger partial charge >= 0.3 is 5.97 Å². The van der Waals surface area contributed by atoms with Crippen LogP contribution in [0.4, 0.5) is 0 Å². The number of aliphatic carboxylic acids is 1. The van der Waals surface area contributed by atoms with Crippen LogP contribution in [0.15, 0.2) is 24.3 Å². The lowest BCUT2D eigenvalue weighted by molar-refractivity contribution is -0.133. The Labute approximate surface area is 99.7 Å². The van der Waals surface area contributed by atoms with Crippen molar-refractivity contribution in [2.24, 2.45) is 0 Å². The fourth-order valence-electron chi connectivity index (χ4n) is 1.05. The third kappa shape index (κ3) is 4.12. The first kappa shape index (κ1) is 12.9. The zero-order valence-electron chi connectivity index (χ0n) is 8.18. The molecular formula is C10H9ClO4S. The van der Waals surface area contributed by atoms with Gasteiger partial charge in [0, 0.05) is 21.4 Å². The number of benzene rings is 1. The third-order valence-corrected chi connectivity index (χ3v) is 3.15. The van der Waals surface area contributed by atoms with E-state index in [1.54, 1.807) is 12.1 Å². The van der Waals surface area contributed by atoms with Gasteiger partial charge in [0.25, 0.3) is 0 Å². The van der Waals surface area contributed by atoms with Crippen molar-refractivity contribution in [3.8, 4) is 0 Å². The number of ketones is 1. The number of Topliss-reactive ketones (excluding diaryl/α,β-unsaturated/α-hetero) is 1. The van der Waals surface area contributed by atoms with Crippen LogP contribution in [0.1, 0.15) is 10.4 Å². The fourth-order valence-corrected chi connectivity index (χ4v) is 2.02. The highest BCUT2D eigenvalue weighted by atomic mass is 35.5. The minimum Gasteiger partial charge on any atom is -0.481 e. The van der Waals surface area contributed by atoms with Crippen LogP contribution < -0.4 is 0 Å². The van der Waals surface area contributed by atoms with Crippen LogP contribution in [-0.2, 0) is 15.6 Å². The van der Waals surface area contributed by atoms with Gasteiger partial charge in [-0.3, -0.25) is 13.8 Å².